The zero-order chi connectivity index (χ0) is 15.2. The van der Waals surface area contributed by atoms with Gasteiger partial charge in [0.1, 0.15) is 5.82 Å². The first kappa shape index (κ1) is 15.2. The number of anilines is 1. The molecule has 1 fully saturated rings. The van der Waals surface area contributed by atoms with Crippen molar-refractivity contribution in [1.29, 1.82) is 0 Å². The number of rotatable bonds is 4. The van der Waals surface area contributed by atoms with Crippen LogP contribution in [-0.2, 0) is 9.59 Å². The number of hydrogen-bond donors (Lipinski definition) is 1. The molecular formula is C15H18FN3O2. The van der Waals surface area contributed by atoms with Crippen LogP contribution in [0.15, 0.2) is 36.9 Å². The molecule has 0 radical (unpaired) electrons. The van der Waals surface area contributed by atoms with Crippen molar-refractivity contribution in [1.82, 2.24) is 9.80 Å². The number of amides is 2. The smallest absolute Gasteiger partial charge is 0.246 e. The van der Waals surface area contributed by atoms with E-state index < -0.39 is 0 Å². The van der Waals surface area contributed by atoms with Gasteiger partial charge in [0, 0.05) is 31.9 Å². The van der Waals surface area contributed by atoms with E-state index in [1.165, 1.54) is 30.3 Å². The summed E-state index contributed by atoms with van der Waals surface area (Å²) in [6.45, 7) is 6.20. The van der Waals surface area contributed by atoms with Crippen LogP contribution >= 0.6 is 0 Å². The standard InChI is InChI=1S/C15H18FN3O2/c1-2-15(21)19-9-7-18(8-10-19)11-14(20)17-13-5-3-12(16)4-6-13/h2-6H,1,7-11H2,(H,17,20). The fraction of sp³-hybridized carbons (Fsp3) is 0.333. The van der Waals surface area contributed by atoms with Crippen LogP contribution in [0, 0.1) is 5.82 Å². The highest BCUT2D eigenvalue weighted by Crippen LogP contribution is 2.09. The molecule has 1 aromatic rings. The van der Waals surface area contributed by atoms with Crippen LogP contribution in [-0.4, -0.2) is 54.3 Å². The van der Waals surface area contributed by atoms with E-state index in [4.69, 9.17) is 0 Å². The highest BCUT2D eigenvalue weighted by molar-refractivity contribution is 5.92. The molecule has 1 aliphatic heterocycles. The lowest BCUT2D eigenvalue weighted by atomic mass is 10.3. The Balaban J connectivity index is 1.78. The Morgan fingerprint density at radius 1 is 1.19 bits per heavy atom. The molecule has 6 heteroatoms. The first-order chi connectivity index (χ1) is 10.1. The van der Waals surface area contributed by atoms with E-state index in [1.807, 2.05) is 4.90 Å². The Kier molecular flexibility index (Phi) is 5.05. The normalized spacial score (nSPS) is 15.6. The van der Waals surface area contributed by atoms with Crippen molar-refractivity contribution in [2.75, 3.05) is 38.0 Å². The van der Waals surface area contributed by atoms with Gasteiger partial charge in [-0.1, -0.05) is 6.58 Å². The topological polar surface area (TPSA) is 52.7 Å². The van der Waals surface area contributed by atoms with E-state index in [-0.39, 0.29) is 24.2 Å². The van der Waals surface area contributed by atoms with Gasteiger partial charge >= 0.3 is 0 Å². The maximum Gasteiger partial charge on any atom is 0.246 e. The third-order valence-corrected chi connectivity index (χ3v) is 3.35. The minimum atomic E-state index is -0.337. The number of carbonyl (C=O) groups is 2. The maximum atomic E-state index is 12.8. The molecule has 1 aromatic carbocycles. The third-order valence-electron chi connectivity index (χ3n) is 3.35. The Hall–Kier alpha value is -2.21. The van der Waals surface area contributed by atoms with E-state index in [0.717, 1.165) is 0 Å². The van der Waals surface area contributed by atoms with Crippen molar-refractivity contribution in [2.45, 2.75) is 0 Å². The molecular weight excluding hydrogens is 273 g/mol. The summed E-state index contributed by atoms with van der Waals surface area (Å²) < 4.78 is 12.8. The quantitative estimate of drug-likeness (QED) is 0.845. The molecule has 0 bridgehead atoms. The molecule has 0 saturated carbocycles. The van der Waals surface area contributed by atoms with E-state index in [1.54, 1.807) is 4.90 Å². The molecule has 0 unspecified atom stereocenters. The number of piperazine rings is 1. The molecule has 0 atom stereocenters. The molecule has 21 heavy (non-hydrogen) atoms. The number of hydrogen-bond acceptors (Lipinski definition) is 3. The van der Waals surface area contributed by atoms with Crippen LogP contribution in [0.1, 0.15) is 0 Å². The largest absolute Gasteiger partial charge is 0.337 e. The van der Waals surface area contributed by atoms with Crippen molar-refractivity contribution < 1.29 is 14.0 Å². The zero-order valence-corrected chi connectivity index (χ0v) is 11.7. The van der Waals surface area contributed by atoms with Crippen LogP contribution in [0.3, 0.4) is 0 Å². The molecule has 2 amide bonds. The van der Waals surface area contributed by atoms with E-state index >= 15 is 0 Å². The fourth-order valence-corrected chi connectivity index (χ4v) is 2.19. The Morgan fingerprint density at radius 2 is 1.81 bits per heavy atom. The Bertz CT molecular complexity index is 522. The minimum absolute atomic E-state index is 0.0783. The van der Waals surface area contributed by atoms with Crippen molar-refractivity contribution >= 4 is 17.5 Å². The molecule has 112 valence electrons. The van der Waals surface area contributed by atoms with Gasteiger partial charge < -0.3 is 10.2 Å². The number of benzene rings is 1. The van der Waals surface area contributed by atoms with Gasteiger partial charge in [-0.3, -0.25) is 14.5 Å². The first-order valence-corrected chi connectivity index (χ1v) is 6.77. The number of carbonyl (C=O) groups excluding carboxylic acids is 2. The van der Waals surface area contributed by atoms with Crippen LogP contribution in [0.2, 0.25) is 0 Å². The van der Waals surface area contributed by atoms with Gasteiger partial charge in [0.15, 0.2) is 0 Å². The van der Waals surface area contributed by atoms with Crippen LogP contribution in [0.4, 0.5) is 10.1 Å². The van der Waals surface area contributed by atoms with Crippen LogP contribution < -0.4 is 5.32 Å². The van der Waals surface area contributed by atoms with Crippen molar-refractivity contribution in [3.63, 3.8) is 0 Å². The summed E-state index contributed by atoms with van der Waals surface area (Å²) in [4.78, 5) is 27.0. The third kappa shape index (κ3) is 4.39. The van der Waals surface area contributed by atoms with Crippen molar-refractivity contribution in [3.05, 3.63) is 42.7 Å². The van der Waals surface area contributed by atoms with Gasteiger partial charge in [0.05, 0.1) is 6.54 Å². The fourth-order valence-electron chi connectivity index (χ4n) is 2.19. The summed E-state index contributed by atoms with van der Waals surface area (Å²) >= 11 is 0. The summed E-state index contributed by atoms with van der Waals surface area (Å²) in [6, 6.07) is 5.65. The SMILES string of the molecule is C=CC(=O)N1CCN(CC(=O)Nc2ccc(F)cc2)CC1. The lowest BCUT2D eigenvalue weighted by Crippen LogP contribution is -2.50. The minimum Gasteiger partial charge on any atom is -0.337 e. The van der Waals surface area contributed by atoms with Crippen molar-refractivity contribution in [3.8, 4) is 0 Å². The van der Waals surface area contributed by atoms with Gasteiger partial charge in [-0.05, 0) is 30.3 Å². The van der Waals surface area contributed by atoms with E-state index in [0.29, 0.717) is 31.9 Å². The Labute approximate surface area is 123 Å². The molecule has 0 aromatic heterocycles. The molecule has 1 heterocycles. The van der Waals surface area contributed by atoms with Crippen molar-refractivity contribution in [2.24, 2.45) is 0 Å². The monoisotopic (exact) mass is 291 g/mol. The highest BCUT2D eigenvalue weighted by atomic mass is 19.1. The first-order valence-electron chi connectivity index (χ1n) is 6.77. The molecule has 2 rings (SSSR count). The summed E-state index contributed by atoms with van der Waals surface area (Å²) in [5, 5.41) is 2.72. The zero-order valence-electron chi connectivity index (χ0n) is 11.7. The molecule has 1 aliphatic rings. The second-order valence-electron chi connectivity index (χ2n) is 4.86. The number of nitrogens with one attached hydrogen (secondary N) is 1. The molecule has 5 nitrogen and oxygen atoms in total. The van der Waals surface area contributed by atoms with Crippen LogP contribution in [0.25, 0.3) is 0 Å². The van der Waals surface area contributed by atoms with Gasteiger partial charge in [-0.2, -0.15) is 0 Å². The Morgan fingerprint density at radius 3 is 2.38 bits per heavy atom. The summed E-state index contributed by atoms with van der Waals surface area (Å²) in [5.41, 5.74) is 0.571. The highest BCUT2D eigenvalue weighted by Gasteiger charge is 2.20. The van der Waals surface area contributed by atoms with Gasteiger partial charge in [0.2, 0.25) is 11.8 Å². The average molecular weight is 291 g/mol. The molecule has 1 N–H and O–H groups in total. The van der Waals surface area contributed by atoms with Gasteiger partial charge in [0.25, 0.3) is 0 Å². The second-order valence-corrected chi connectivity index (χ2v) is 4.86. The van der Waals surface area contributed by atoms with E-state index in [2.05, 4.69) is 11.9 Å². The summed E-state index contributed by atoms with van der Waals surface area (Å²) in [5.74, 6) is -0.563. The predicted octanol–water partition coefficient (Wildman–Crippen LogP) is 1.09. The lowest BCUT2D eigenvalue weighted by Gasteiger charge is -2.33. The van der Waals surface area contributed by atoms with E-state index in [9.17, 15) is 14.0 Å². The summed E-state index contributed by atoms with van der Waals surface area (Å²) in [7, 11) is 0. The van der Waals surface area contributed by atoms with Crippen LogP contribution in [0.5, 0.6) is 0 Å². The molecule has 0 aliphatic carbocycles. The lowest BCUT2D eigenvalue weighted by molar-refractivity contribution is -0.128. The number of halogens is 1. The average Bonchev–Trinajstić information content (AvgIpc) is 2.49. The number of nitrogens with zero attached hydrogens (tertiary/aromatic N) is 2. The molecule has 1 saturated heterocycles. The molecule has 0 spiro atoms. The van der Waals surface area contributed by atoms with Gasteiger partial charge in [-0.15, -0.1) is 0 Å². The predicted molar refractivity (Wildman–Crippen MR) is 78.2 cm³/mol. The maximum absolute atomic E-state index is 12.8. The van der Waals surface area contributed by atoms with Gasteiger partial charge in [-0.25, -0.2) is 4.39 Å². The summed E-state index contributed by atoms with van der Waals surface area (Å²) in [6.07, 6.45) is 1.30. The second kappa shape index (κ2) is 6.99.